The molecule has 1 fully saturated rings. The first-order valence-corrected chi connectivity index (χ1v) is 7.34. The first-order chi connectivity index (χ1) is 10.0. The molecule has 0 spiro atoms. The van der Waals surface area contributed by atoms with E-state index in [9.17, 15) is 18.0 Å². The van der Waals surface area contributed by atoms with Crippen LogP contribution >= 0.6 is 23.2 Å². The maximum Gasteiger partial charge on any atom is 0.416 e. The number of ether oxygens (including phenoxy) is 1. The van der Waals surface area contributed by atoms with Gasteiger partial charge in [-0.15, -0.1) is 0 Å². The van der Waals surface area contributed by atoms with Crippen LogP contribution < -0.4 is 0 Å². The number of hydrogen-bond acceptors (Lipinski definition) is 2. The zero-order chi connectivity index (χ0) is 16.7. The van der Waals surface area contributed by atoms with Crippen molar-refractivity contribution in [1.29, 1.82) is 0 Å². The van der Waals surface area contributed by atoms with Crippen molar-refractivity contribution >= 4 is 29.1 Å². The first-order valence-electron chi connectivity index (χ1n) is 6.47. The summed E-state index contributed by atoms with van der Waals surface area (Å²) >= 11 is 11.2. The number of carbonyl (C=O) groups is 1. The number of carbonyl (C=O) groups excluding carboxylic acids is 1. The zero-order valence-electron chi connectivity index (χ0n) is 11.8. The second-order valence-electron chi connectivity index (χ2n) is 5.43. The van der Waals surface area contributed by atoms with Gasteiger partial charge in [-0.1, -0.05) is 35.3 Å². The summed E-state index contributed by atoms with van der Waals surface area (Å²) in [7, 11) is 0. The number of amides is 1. The van der Waals surface area contributed by atoms with Crippen LogP contribution in [0.15, 0.2) is 24.3 Å². The summed E-state index contributed by atoms with van der Waals surface area (Å²) in [5, 5.41) is 0. The van der Waals surface area contributed by atoms with Crippen LogP contribution in [0.3, 0.4) is 0 Å². The van der Waals surface area contributed by atoms with Crippen molar-refractivity contribution in [1.82, 2.24) is 4.90 Å². The molecule has 0 radical (unpaired) electrons. The monoisotopic (exact) mass is 355 g/mol. The van der Waals surface area contributed by atoms with E-state index in [1.807, 2.05) is 0 Å². The molecular formula is C14H14Cl2F3NO2. The van der Waals surface area contributed by atoms with Gasteiger partial charge in [0.15, 0.2) is 4.84 Å². The fraction of sp³-hybridized carbons (Fsp3) is 0.500. The van der Waals surface area contributed by atoms with Gasteiger partial charge in [0.25, 0.3) is 5.91 Å². The quantitative estimate of drug-likeness (QED) is 0.746. The molecule has 1 aliphatic rings. The largest absolute Gasteiger partial charge is 0.416 e. The average Bonchev–Trinajstić information content (AvgIpc) is 2.72. The maximum absolute atomic E-state index is 12.8. The van der Waals surface area contributed by atoms with Crippen LogP contribution in [0.1, 0.15) is 31.1 Å². The summed E-state index contributed by atoms with van der Waals surface area (Å²) in [6.07, 6.45) is -5.11. The van der Waals surface area contributed by atoms with Crippen molar-refractivity contribution in [3.63, 3.8) is 0 Å². The Morgan fingerprint density at radius 2 is 2.05 bits per heavy atom. The number of benzene rings is 1. The Morgan fingerprint density at radius 1 is 1.41 bits per heavy atom. The molecule has 1 aromatic rings. The SMILES string of the molecule is CC1(C)OC(c2cccc(C(F)(F)F)c2)CN1C(=O)C(Cl)Cl. The lowest BCUT2D eigenvalue weighted by Gasteiger charge is -2.30. The van der Waals surface area contributed by atoms with Gasteiger partial charge in [0.2, 0.25) is 0 Å². The first kappa shape index (κ1) is 17.4. The molecule has 1 atom stereocenters. The van der Waals surface area contributed by atoms with Crippen LogP contribution in [-0.2, 0) is 15.7 Å². The van der Waals surface area contributed by atoms with Crippen molar-refractivity contribution in [2.45, 2.75) is 36.7 Å². The molecule has 122 valence electrons. The van der Waals surface area contributed by atoms with Gasteiger partial charge in [0.1, 0.15) is 11.8 Å². The van der Waals surface area contributed by atoms with Gasteiger partial charge in [-0.05, 0) is 31.5 Å². The molecule has 1 heterocycles. The maximum atomic E-state index is 12.8. The van der Waals surface area contributed by atoms with E-state index >= 15 is 0 Å². The van der Waals surface area contributed by atoms with Crippen LogP contribution in [-0.4, -0.2) is 27.9 Å². The predicted octanol–water partition coefficient (Wildman–Crippen LogP) is 4.15. The minimum Gasteiger partial charge on any atom is -0.346 e. The van der Waals surface area contributed by atoms with Crippen LogP contribution in [0.25, 0.3) is 0 Å². The van der Waals surface area contributed by atoms with Crippen molar-refractivity contribution in [3.05, 3.63) is 35.4 Å². The molecule has 0 aromatic heterocycles. The molecule has 3 nitrogen and oxygen atoms in total. The zero-order valence-corrected chi connectivity index (χ0v) is 13.3. The molecule has 22 heavy (non-hydrogen) atoms. The Balaban J connectivity index is 2.27. The fourth-order valence-corrected chi connectivity index (χ4v) is 2.63. The van der Waals surface area contributed by atoms with Crippen LogP contribution in [0.4, 0.5) is 13.2 Å². The lowest BCUT2D eigenvalue weighted by Crippen LogP contribution is -2.45. The third kappa shape index (κ3) is 3.50. The molecule has 1 unspecified atom stereocenters. The molecule has 0 aliphatic carbocycles. The van der Waals surface area contributed by atoms with Crippen molar-refractivity contribution in [2.75, 3.05) is 6.54 Å². The van der Waals surface area contributed by atoms with E-state index in [0.29, 0.717) is 5.56 Å². The smallest absolute Gasteiger partial charge is 0.346 e. The molecule has 1 amide bonds. The number of halogens is 5. The molecule has 1 aromatic carbocycles. The molecule has 0 bridgehead atoms. The van der Waals surface area contributed by atoms with E-state index < -0.39 is 34.3 Å². The van der Waals surface area contributed by atoms with Crippen molar-refractivity contribution < 1.29 is 22.7 Å². The predicted molar refractivity (Wildman–Crippen MR) is 76.6 cm³/mol. The molecule has 8 heteroatoms. The second-order valence-corrected chi connectivity index (χ2v) is 6.52. The molecule has 0 saturated carbocycles. The topological polar surface area (TPSA) is 29.5 Å². The lowest BCUT2D eigenvalue weighted by molar-refractivity contribution is -0.144. The Kier molecular flexibility index (Phi) is 4.66. The van der Waals surface area contributed by atoms with Gasteiger partial charge in [-0.3, -0.25) is 4.79 Å². The summed E-state index contributed by atoms with van der Waals surface area (Å²) in [4.78, 5) is 12.0. The fourth-order valence-electron chi connectivity index (χ4n) is 2.40. The van der Waals surface area contributed by atoms with Crippen molar-refractivity contribution in [3.8, 4) is 0 Å². The summed E-state index contributed by atoms with van der Waals surface area (Å²) in [6, 6.07) is 4.85. The molecule has 0 N–H and O–H groups in total. The average molecular weight is 356 g/mol. The van der Waals surface area contributed by atoms with E-state index in [1.54, 1.807) is 13.8 Å². The Hall–Kier alpha value is -0.980. The second kappa shape index (κ2) is 5.91. The number of rotatable bonds is 2. The van der Waals surface area contributed by atoms with Gasteiger partial charge < -0.3 is 9.64 Å². The normalized spacial score (nSPS) is 21.5. The Bertz CT molecular complexity index is 575. The van der Waals surface area contributed by atoms with Crippen LogP contribution in [0, 0.1) is 0 Å². The minimum absolute atomic E-state index is 0.0864. The number of hydrogen-bond donors (Lipinski definition) is 0. The summed E-state index contributed by atoms with van der Waals surface area (Å²) in [5.41, 5.74) is -1.42. The highest BCUT2D eigenvalue weighted by Gasteiger charge is 2.44. The summed E-state index contributed by atoms with van der Waals surface area (Å²) < 4.78 is 44.0. The van der Waals surface area contributed by atoms with Gasteiger partial charge in [-0.2, -0.15) is 13.2 Å². The summed E-state index contributed by atoms with van der Waals surface area (Å²) in [6.45, 7) is 3.35. The highest BCUT2D eigenvalue weighted by Crippen LogP contribution is 2.38. The molecular weight excluding hydrogens is 342 g/mol. The minimum atomic E-state index is -4.43. The van der Waals surface area contributed by atoms with Gasteiger partial charge >= 0.3 is 6.18 Å². The van der Waals surface area contributed by atoms with E-state index in [-0.39, 0.29) is 6.54 Å². The number of alkyl halides is 5. The highest BCUT2D eigenvalue weighted by atomic mass is 35.5. The van der Waals surface area contributed by atoms with Gasteiger partial charge in [0.05, 0.1) is 12.1 Å². The van der Waals surface area contributed by atoms with Gasteiger partial charge in [0, 0.05) is 0 Å². The Morgan fingerprint density at radius 3 is 2.59 bits per heavy atom. The molecule has 1 saturated heterocycles. The third-order valence-electron chi connectivity index (χ3n) is 3.47. The van der Waals surface area contributed by atoms with Crippen LogP contribution in [0.2, 0.25) is 0 Å². The number of nitrogens with zero attached hydrogens (tertiary/aromatic N) is 1. The summed E-state index contributed by atoms with van der Waals surface area (Å²) in [5.74, 6) is -0.539. The van der Waals surface area contributed by atoms with E-state index in [1.165, 1.54) is 17.0 Å². The molecule has 2 rings (SSSR count). The van der Waals surface area contributed by atoms with E-state index in [2.05, 4.69) is 0 Å². The standard InChI is InChI=1S/C14H14Cl2F3NO2/c1-13(2)20(12(21)11(15)16)7-10(22-13)8-4-3-5-9(6-8)14(17,18)19/h3-6,10-11H,7H2,1-2H3. The van der Waals surface area contributed by atoms with E-state index in [4.69, 9.17) is 27.9 Å². The Labute approximate surface area is 135 Å². The lowest BCUT2D eigenvalue weighted by atomic mass is 10.1. The van der Waals surface area contributed by atoms with Crippen molar-refractivity contribution in [2.24, 2.45) is 0 Å². The van der Waals surface area contributed by atoms with E-state index in [0.717, 1.165) is 12.1 Å². The molecule has 1 aliphatic heterocycles. The third-order valence-corrected chi connectivity index (χ3v) is 3.84. The highest BCUT2D eigenvalue weighted by molar-refractivity contribution is 6.53. The van der Waals surface area contributed by atoms with Crippen LogP contribution in [0.5, 0.6) is 0 Å². The van der Waals surface area contributed by atoms with Gasteiger partial charge in [-0.25, -0.2) is 0 Å².